The van der Waals surface area contributed by atoms with Gasteiger partial charge < -0.3 is 5.11 Å². The van der Waals surface area contributed by atoms with E-state index in [4.69, 9.17) is 5.11 Å². The van der Waals surface area contributed by atoms with Crippen molar-refractivity contribution in [1.82, 2.24) is 0 Å². The third-order valence-corrected chi connectivity index (χ3v) is 2.28. The molecule has 1 atom stereocenters. The van der Waals surface area contributed by atoms with Gasteiger partial charge in [-0.05, 0) is 25.3 Å². The largest absolute Gasteiger partial charge is 0.392 e. The van der Waals surface area contributed by atoms with Gasteiger partial charge in [0.25, 0.3) is 0 Å². The van der Waals surface area contributed by atoms with Crippen molar-refractivity contribution < 1.29 is 5.11 Å². The van der Waals surface area contributed by atoms with Gasteiger partial charge in [0.2, 0.25) is 0 Å². The summed E-state index contributed by atoms with van der Waals surface area (Å²) >= 11 is 0. The van der Waals surface area contributed by atoms with Gasteiger partial charge in [0, 0.05) is 5.92 Å². The minimum absolute atomic E-state index is 0.211. The summed E-state index contributed by atoms with van der Waals surface area (Å²) in [5, 5.41) is 8.93. The molecule has 0 aromatic carbocycles. The van der Waals surface area contributed by atoms with Crippen molar-refractivity contribution in [3.8, 4) is 0 Å². The van der Waals surface area contributed by atoms with Crippen molar-refractivity contribution in [3.05, 3.63) is 23.8 Å². The molecule has 0 aliphatic heterocycles. The number of aliphatic hydroxyl groups is 1. The van der Waals surface area contributed by atoms with E-state index in [1.54, 1.807) is 0 Å². The maximum Gasteiger partial charge on any atom is 0.0650 e. The molecule has 1 aliphatic rings. The molecule has 0 bridgehead atoms. The molecule has 0 heterocycles. The van der Waals surface area contributed by atoms with E-state index in [2.05, 4.69) is 13.5 Å². The molecule has 0 saturated carbocycles. The second kappa shape index (κ2) is 3.02. The number of hydrogen-bond acceptors (Lipinski definition) is 1. The van der Waals surface area contributed by atoms with E-state index in [0.29, 0.717) is 5.92 Å². The Kier molecular flexibility index (Phi) is 2.28. The van der Waals surface area contributed by atoms with Crippen LogP contribution in [0.1, 0.15) is 19.8 Å². The predicted molar refractivity (Wildman–Crippen MR) is 42.7 cm³/mol. The molecular formula is C9H14O. The van der Waals surface area contributed by atoms with Crippen LogP contribution in [0.25, 0.3) is 0 Å². The summed E-state index contributed by atoms with van der Waals surface area (Å²) in [7, 11) is 0. The molecule has 56 valence electrons. The van der Waals surface area contributed by atoms with Gasteiger partial charge in [-0.3, -0.25) is 0 Å². The van der Waals surface area contributed by atoms with Crippen molar-refractivity contribution >= 4 is 0 Å². The van der Waals surface area contributed by atoms with Crippen LogP contribution in [0.5, 0.6) is 0 Å². The summed E-state index contributed by atoms with van der Waals surface area (Å²) in [6.45, 7) is 6.03. The van der Waals surface area contributed by atoms with E-state index in [9.17, 15) is 0 Å². The zero-order valence-electron chi connectivity index (χ0n) is 6.43. The second-order valence-corrected chi connectivity index (χ2v) is 2.84. The first-order valence-electron chi connectivity index (χ1n) is 3.71. The van der Waals surface area contributed by atoms with Crippen LogP contribution in [0.4, 0.5) is 0 Å². The third-order valence-electron chi connectivity index (χ3n) is 2.28. The zero-order valence-corrected chi connectivity index (χ0v) is 6.43. The topological polar surface area (TPSA) is 20.2 Å². The normalized spacial score (nSPS) is 25.6. The van der Waals surface area contributed by atoms with Crippen molar-refractivity contribution in [1.29, 1.82) is 0 Å². The molecule has 1 rings (SSSR count). The molecule has 0 fully saturated rings. The van der Waals surface area contributed by atoms with Gasteiger partial charge in [-0.1, -0.05) is 11.6 Å². The Morgan fingerprint density at radius 3 is 2.90 bits per heavy atom. The average Bonchev–Trinajstić information content (AvgIpc) is 2.30. The molecule has 1 heteroatoms. The standard InChI is InChI=1S/C9H14O/c1-3-8-5-4-7(2)9(8)6-10/h3,8,10H,1,4-6H2,2H3/t8-/m1/s1. The smallest absolute Gasteiger partial charge is 0.0650 e. The molecule has 0 saturated heterocycles. The molecule has 10 heavy (non-hydrogen) atoms. The van der Waals surface area contributed by atoms with Gasteiger partial charge in [-0.2, -0.15) is 0 Å². The van der Waals surface area contributed by atoms with Gasteiger partial charge in [-0.25, -0.2) is 0 Å². The number of hydrogen-bond donors (Lipinski definition) is 1. The Hall–Kier alpha value is -0.560. The highest BCUT2D eigenvalue weighted by atomic mass is 16.3. The molecule has 0 spiro atoms. The molecule has 0 aromatic rings. The van der Waals surface area contributed by atoms with E-state index >= 15 is 0 Å². The molecule has 0 unspecified atom stereocenters. The van der Waals surface area contributed by atoms with Crippen molar-refractivity contribution in [3.63, 3.8) is 0 Å². The Bertz CT molecular complexity index is 168. The van der Waals surface area contributed by atoms with E-state index in [0.717, 1.165) is 12.8 Å². The van der Waals surface area contributed by atoms with Gasteiger partial charge in [0.05, 0.1) is 6.61 Å². The molecular weight excluding hydrogens is 124 g/mol. The Morgan fingerprint density at radius 1 is 1.80 bits per heavy atom. The van der Waals surface area contributed by atoms with Crippen LogP contribution in [0.3, 0.4) is 0 Å². The quantitative estimate of drug-likeness (QED) is 0.578. The molecule has 1 N–H and O–H groups in total. The number of rotatable bonds is 2. The maximum atomic E-state index is 8.93. The zero-order chi connectivity index (χ0) is 7.56. The van der Waals surface area contributed by atoms with Crippen molar-refractivity contribution in [2.75, 3.05) is 6.61 Å². The van der Waals surface area contributed by atoms with Crippen LogP contribution in [-0.4, -0.2) is 11.7 Å². The van der Waals surface area contributed by atoms with Crippen molar-refractivity contribution in [2.45, 2.75) is 19.8 Å². The lowest BCUT2D eigenvalue weighted by Gasteiger charge is -2.06. The summed E-state index contributed by atoms with van der Waals surface area (Å²) in [5.74, 6) is 0.449. The van der Waals surface area contributed by atoms with E-state index in [-0.39, 0.29) is 6.61 Å². The monoisotopic (exact) mass is 138 g/mol. The molecule has 0 amide bonds. The van der Waals surface area contributed by atoms with Crippen LogP contribution in [0.15, 0.2) is 23.8 Å². The first kappa shape index (κ1) is 7.55. The maximum absolute atomic E-state index is 8.93. The summed E-state index contributed by atoms with van der Waals surface area (Å²) in [6, 6.07) is 0. The van der Waals surface area contributed by atoms with Gasteiger partial charge >= 0.3 is 0 Å². The second-order valence-electron chi connectivity index (χ2n) is 2.84. The van der Waals surface area contributed by atoms with Gasteiger partial charge in [-0.15, -0.1) is 6.58 Å². The van der Waals surface area contributed by atoms with Crippen molar-refractivity contribution in [2.24, 2.45) is 5.92 Å². The molecule has 0 aromatic heterocycles. The lowest BCUT2D eigenvalue weighted by Crippen LogP contribution is -1.99. The van der Waals surface area contributed by atoms with Crippen LogP contribution < -0.4 is 0 Å². The number of aliphatic hydroxyl groups excluding tert-OH is 1. The van der Waals surface area contributed by atoms with E-state index in [1.165, 1.54) is 11.1 Å². The van der Waals surface area contributed by atoms with Crippen LogP contribution in [0, 0.1) is 5.92 Å². The SMILES string of the molecule is C=C[C@@H]1CCC(C)=C1CO. The van der Waals surface area contributed by atoms with Gasteiger partial charge in [0.1, 0.15) is 0 Å². The molecule has 0 radical (unpaired) electrons. The Morgan fingerprint density at radius 2 is 2.50 bits per heavy atom. The first-order valence-corrected chi connectivity index (χ1v) is 3.71. The van der Waals surface area contributed by atoms with Gasteiger partial charge in [0.15, 0.2) is 0 Å². The highest BCUT2D eigenvalue weighted by Crippen LogP contribution is 2.31. The summed E-state index contributed by atoms with van der Waals surface area (Å²) < 4.78 is 0. The lowest BCUT2D eigenvalue weighted by molar-refractivity contribution is 0.321. The average molecular weight is 138 g/mol. The minimum atomic E-state index is 0.211. The Labute approximate surface area is 62.1 Å². The lowest BCUT2D eigenvalue weighted by atomic mass is 10.0. The fraction of sp³-hybridized carbons (Fsp3) is 0.556. The Balaban J connectivity index is 2.75. The van der Waals surface area contributed by atoms with E-state index in [1.807, 2.05) is 6.08 Å². The predicted octanol–water partition coefficient (Wildman–Crippen LogP) is 1.89. The highest BCUT2D eigenvalue weighted by Gasteiger charge is 2.18. The summed E-state index contributed by atoms with van der Waals surface area (Å²) in [5.41, 5.74) is 2.54. The van der Waals surface area contributed by atoms with E-state index < -0.39 is 0 Å². The molecule has 1 nitrogen and oxygen atoms in total. The minimum Gasteiger partial charge on any atom is -0.392 e. The van der Waals surface area contributed by atoms with Crippen LogP contribution >= 0.6 is 0 Å². The summed E-state index contributed by atoms with van der Waals surface area (Å²) in [4.78, 5) is 0. The number of allylic oxidation sites excluding steroid dienone is 2. The van der Waals surface area contributed by atoms with Crippen LogP contribution in [-0.2, 0) is 0 Å². The first-order chi connectivity index (χ1) is 4.79. The van der Waals surface area contributed by atoms with Crippen LogP contribution in [0.2, 0.25) is 0 Å². The molecule has 1 aliphatic carbocycles. The summed E-state index contributed by atoms with van der Waals surface area (Å²) in [6.07, 6.45) is 4.21. The fourth-order valence-corrected chi connectivity index (χ4v) is 1.54. The third kappa shape index (κ3) is 1.14. The fourth-order valence-electron chi connectivity index (χ4n) is 1.54. The highest BCUT2D eigenvalue weighted by molar-refractivity contribution is 5.24.